The van der Waals surface area contributed by atoms with Crippen LogP contribution in [0.2, 0.25) is 0 Å². The van der Waals surface area contributed by atoms with Crippen molar-refractivity contribution in [1.29, 1.82) is 0 Å². The second-order valence-corrected chi connectivity index (χ2v) is 13.4. The normalized spacial score (nSPS) is 32.7. The summed E-state index contributed by atoms with van der Waals surface area (Å²) in [5.41, 5.74) is 2.22. The first-order valence-electron chi connectivity index (χ1n) is 15.6. The lowest BCUT2D eigenvalue weighted by molar-refractivity contribution is -0.149. The first-order chi connectivity index (χ1) is 21.4. The Morgan fingerprint density at radius 3 is 2.64 bits per heavy atom. The Kier molecular flexibility index (Phi) is 9.30. The Balaban J connectivity index is 1.41. The van der Waals surface area contributed by atoms with E-state index in [1.165, 1.54) is 0 Å². The van der Waals surface area contributed by atoms with Crippen LogP contribution in [0.15, 0.2) is 76.0 Å². The van der Waals surface area contributed by atoms with Gasteiger partial charge in [-0.1, -0.05) is 50.3 Å². The van der Waals surface area contributed by atoms with E-state index in [4.69, 9.17) is 4.74 Å². The third kappa shape index (κ3) is 6.45. The lowest BCUT2D eigenvalue weighted by Gasteiger charge is -2.61. The summed E-state index contributed by atoms with van der Waals surface area (Å²) in [6, 6.07) is 7.10. The van der Waals surface area contributed by atoms with Crippen LogP contribution in [0.3, 0.4) is 0 Å². The van der Waals surface area contributed by atoms with Crippen LogP contribution in [0.4, 0.5) is 5.69 Å². The fourth-order valence-corrected chi connectivity index (χ4v) is 7.40. The van der Waals surface area contributed by atoms with Gasteiger partial charge in [0.05, 0.1) is 30.9 Å². The molecule has 10 heteroatoms. The summed E-state index contributed by atoms with van der Waals surface area (Å²) in [7, 11) is 3.96. The predicted octanol–water partition coefficient (Wildman–Crippen LogP) is 3.39. The van der Waals surface area contributed by atoms with E-state index in [0.29, 0.717) is 36.7 Å². The summed E-state index contributed by atoms with van der Waals surface area (Å²) >= 11 is 0. The van der Waals surface area contributed by atoms with Crippen molar-refractivity contribution in [2.75, 3.05) is 32.1 Å². The maximum Gasteiger partial charge on any atom is 0.343 e. The summed E-state index contributed by atoms with van der Waals surface area (Å²) in [5.74, 6) is -0.227. The number of nitrogens with one attached hydrogen (secondary N) is 2. The molecule has 240 valence electrons. The molecular weight excluding hydrogens is 570 g/mol. The van der Waals surface area contributed by atoms with Crippen LogP contribution in [0.1, 0.15) is 45.6 Å². The average Bonchev–Trinajstić information content (AvgIpc) is 3.65. The van der Waals surface area contributed by atoms with Gasteiger partial charge in [-0.2, -0.15) is 0 Å². The number of guanidine groups is 1. The first kappa shape index (κ1) is 32.5. The second kappa shape index (κ2) is 12.9. The molecule has 0 aromatic heterocycles. The van der Waals surface area contributed by atoms with Crippen molar-refractivity contribution in [3.63, 3.8) is 0 Å². The number of esters is 1. The van der Waals surface area contributed by atoms with Gasteiger partial charge in [0.15, 0.2) is 0 Å². The number of aliphatic hydroxyl groups is 2. The minimum absolute atomic E-state index is 0.0967. The Hall–Kier alpha value is -3.86. The molecule has 2 aliphatic heterocycles. The largest absolute Gasteiger partial charge is 0.423 e. The smallest absolute Gasteiger partial charge is 0.343 e. The maximum atomic E-state index is 13.0. The van der Waals surface area contributed by atoms with E-state index in [1.54, 1.807) is 25.3 Å². The number of anilines is 1. The zero-order valence-corrected chi connectivity index (χ0v) is 26.8. The van der Waals surface area contributed by atoms with Crippen LogP contribution >= 0.6 is 0 Å². The van der Waals surface area contributed by atoms with Gasteiger partial charge >= 0.3 is 5.97 Å². The van der Waals surface area contributed by atoms with Crippen molar-refractivity contribution in [3.8, 4) is 0 Å². The molecule has 45 heavy (non-hydrogen) atoms. The number of cyclic esters (lactones) is 1. The van der Waals surface area contributed by atoms with Gasteiger partial charge in [-0.3, -0.25) is 15.4 Å². The number of allylic oxidation sites excluding steroid dienone is 2. The minimum Gasteiger partial charge on any atom is -0.423 e. The second-order valence-electron chi connectivity index (χ2n) is 13.4. The van der Waals surface area contributed by atoms with Crippen LogP contribution in [0.5, 0.6) is 0 Å². The highest BCUT2D eigenvalue weighted by atomic mass is 16.5. The zero-order valence-electron chi connectivity index (χ0n) is 26.8. The zero-order chi connectivity index (χ0) is 32.5. The molecule has 4 aliphatic rings. The number of amides is 1. The number of benzene rings is 1. The predicted molar refractivity (Wildman–Crippen MR) is 177 cm³/mol. The number of hydrogen-bond acceptors (Lipinski definition) is 9. The summed E-state index contributed by atoms with van der Waals surface area (Å²) in [6.07, 6.45) is 10.2. The monoisotopic (exact) mass is 615 g/mol. The SMILES string of the molecule is C=C1C(NC(C)C(=O)NC2=NCC=N2)CC2[C@](C)(CC[C@@H](O)[C@@]2(C)CO)C1/C=C/C1=CC(=C\c2ccc(N(C)C)cc2)/OC1=O. The van der Waals surface area contributed by atoms with E-state index in [0.717, 1.165) is 23.2 Å². The first-order valence-corrected chi connectivity index (χ1v) is 15.6. The highest BCUT2D eigenvalue weighted by Gasteiger charge is 2.59. The Morgan fingerprint density at radius 1 is 1.27 bits per heavy atom. The molecule has 0 radical (unpaired) electrons. The van der Waals surface area contributed by atoms with Crippen LogP contribution in [-0.2, 0) is 14.3 Å². The van der Waals surface area contributed by atoms with Gasteiger partial charge < -0.3 is 19.8 Å². The van der Waals surface area contributed by atoms with Crippen molar-refractivity contribution in [2.24, 2.45) is 32.7 Å². The third-order valence-corrected chi connectivity index (χ3v) is 10.2. The summed E-state index contributed by atoms with van der Waals surface area (Å²) in [6.45, 7) is 10.7. The summed E-state index contributed by atoms with van der Waals surface area (Å²) in [4.78, 5) is 36.1. The molecule has 0 spiro atoms. The Bertz CT molecular complexity index is 1490. The molecule has 4 N–H and O–H groups in total. The molecule has 7 atom stereocenters. The average molecular weight is 616 g/mol. The van der Waals surface area contributed by atoms with E-state index in [-0.39, 0.29) is 35.8 Å². The topological polar surface area (TPSA) is 136 Å². The number of aliphatic imine (C=N–C) groups is 2. The molecular formula is C35H45N5O5. The van der Waals surface area contributed by atoms with Crippen molar-refractivity contribution in [1.82, 2.24) is 10.6 Å². The number of aliphatic hydroxyl groups excluding tert-OH is 2. The molecule has 2 heterocycles. The highest BCUT2D eigenvalue weighted by molar-refractivity contribution is 6.04. The number of carbonyl (C=O) groups excluding carboxylic acids is 2. The van der Waals surface area contributed by atoms with Gasteiger partial charge in [0.25, 0.3) is 0 Å². The van der Waals surface area contributed by atoms with Crippen LogP contribution < -0.4 is 15.5 Å². The maximum absolute atomic E-state index is 13.0. The lowest BCUT2D eigenvalue weighted by atomic mass is 9.45. The number of ether oxygens (including phenoxy) is 1. The van der Waals surface area contributed by atoms with Crippen molar-refractivity contribution in [3.05, 3.63) is 71.5 Å². The van der Waals surface area contributed by atoms with Crippen LogP contribution in [-0.4, -0.2) is 79.7 Å². The molecule has 1 aromatic rings. The van der Waals surface area contributed by atoms with Crippen molar-refractivity contribution >= 4 is 35.8 Å². The van der Waals surface area contributed by atoms with Gasteiger partial charge in [0.1, 0.15) is 5.76 Å². The molecule has 0 bridgehead atoms. The van der Waals surface area contributed by atoms with E-state index >= 15 is 0 Å². The number of hydrogen-bond donors (Lipinski definition) is 4. The number of rotatable bonds is 8. The molecule has 1 aromatic carbocycles. The fourth-order valence-electron chi connectivity index (χ4n) is 7.40. The number of carbonyl (C=O) groups is 2. The Labute approximate surface area is 265 Å². The van der Waals surface area contributed by atoms with Crippen LogP contribution in [0, 0.1) is 22.7 Å². The highest BCUT2D eigenvalue weighted by Crippen LogP contribution is 2.61. The van der Waals surface area contributed by atoms with E-state index in [1.807, 2.05) is 62.3 Å². The van der Waals surface area contributed by atoms with Gasteiger partial charge in [0.2, 0.25) is 11.9 Å². The molecule has 4 unspecified atom stereocenters. The molecule has 5 rings (SSSR count). The molecule has 1 amide bonds. The molecule has 2 saturated carbocycles. The number of fused-ring (bicyclic) bond motifs is 1. The van der Waals surface area contributed by atoms with E-state index in [9.17, 15) is 19.8 Å². The van der Waals surface area contributed by atoms with E-state index in [2.05, 4.69) is 34.1 Å². The van der Waals surface area contributed by atoms with Crippen LogP contribution in [0.25, 0.3) is 6.08 Å². The fraction of sp³-hybridized carbons (Fsp3) is 0.486. The summed E-state index contributed by atoms with van der Waals surface area (Å²) in [5, 5.41) is 27.9. The van der Waals surface area contributed by atoms with Crippen molar-refractivity contribution in [2.45, 2.75) is 58.2 Å². The molecule has 10 nitrogen and oxygen atoms in total. The standard InChI is InChI=1S/C35H45N5O5/c1-21-27(12-9-24-18-26(45-32(24)44)17-23-7-10-25(11-8-23)40(5)6)34(3)14-13-30(42)35(4,20-41)29(34)19-28(21)38-22(2)31(43)39-33-36-15-16-37-33/h7-12,15,17-18,22,27-30,38,41-42H,1,13-14,16,19-20H2,2-6H3,(H,37,39,43)/b12-9+,26-17+/t22?,27?,28?,29?,30-,34-,35+/m1/s1. The third-order valence-electron chi connectivity index (χ3n) is 10.2. The van der Waals surface area contributed by atoms with Crippen molar-refractivity contribution < 1.29 is 24.5 Å². The molecule has 2 fully saturated rings. The van der Waals surface area contributed by atoms with Gasteiger partial charge in [-0.25, -0.2) is 14.8 Å². The number of nitrogens with zero attached hydrogens (tertiary/aromatic N) is 3. The summed E-state index contributed by atoms with van der Waals surface area (Å²) < 4.78 is 5.58. The molecule has 0 saturated heterocycles. The van der Waals surface area contributed by atoms with Gasteiger partial charge in [-0.05, 0) is 67.4 Å². The van der Waals surface area contributed by atoms with Gasteiger partial charge in [-0.15, -0.1) is 0 Å². The quantitative estimate of drug-likeness (QED) is 0.260. The Morgan fingerprint density at radius 2 is 2.00 bits per heavy atom. The minimum atomic E-state index is -0.748. The van der Waals surface area contributed by atoms with Gasteiger partial charge in [0, 0.05) is 43.4 Å². The molecule has 2 aliphatic carbocycles. The van der Waals surface area contributed by atoms with E-state index < -0.39 is 23.5 Å². The lowest BCUT2D eigenvalue weighted by Crippen LogP contribution is -2.62.